The molecule has 1 aliphatic carbocycles. The zero-order valence-corrected chi connectivity index (χ0v) is 20.6. The topological polar surface area (TPSA) is 114 Å². The van der Waals surface area contributed by atoms with Gasteiger partial charge in [-0.25, -0.2) is 4.79 Å². The van der Waals surface area contributed by atoms with Crippen LogP contribution in [0.2, 0.25) is 0 Å². The smallest absolute Gasteiger partial charge is 0.328 e. The lowest BCUT2D eigenvalue weighted by Gasteiger charge is -2.42. The van der Waals surface area contributed by atoms with Crippen molar-refractivity contribution in [2.75, 3.05) is 40.5 Å². The van der Waals surface area contributed by atoms with Gasteiger partial charge in [0.2, 0.25) is 11.8 Å². The lowest BCUT2D eigenvalue weighted by atomic mass is 9.81. The van der Waals surface area contributed by atoms with E-state index in [2.05, 4.69) is 4.98 Å². The highest BCUT2D eigenvalue weighted by Crippen LogP contribution is 2.31. The molecular weight excluding hydrogens is 452 g/mol. The Balaban J connectivity index is 1.37. The van der Waals surface area contributed by atoms with Crippen LogP contribution in [0.5, 0.6) is 5.75 Å². The number of hydrogen-bond acceptors (Lipinski definition) is 6. The standard InChI is InChI=1S/C25H34N4O6/c1-16-13-27(22(30)15-34-2)10-11-28(16)23(31)18-6-4-17(5-7-18)14-29-24(32)20-12-19(35-3)8-9-21(20)26-25(29)33/h8-9,12,16-18H,4-7,10-11,13-15H2,1-3H3,(H,26,33)/t16-,17-,18-/m0/s1. The molecule has 2 aromatic rings. The molecule has 190 valence electrons. The first kappa shape index (κ1) is 25.0. The number of piperazine rings is 1. The highest BCUT2D eigenvalue weighted by molar-refractivity contribution is 5.81. The quantitative estimate of drug-likeness (QED) is 0.657. The van der Waals surface area contributed by atoms with Gasteiger partial charge in [0.25, 0.3) is 5.56 Å². The molecule has 2 aliphatic rings. The van der Waals surface area contributed by atoms with Crippen LogP contribution < -0.4 is 16.0 Å². The number of fused-ring (bicyclic) bond motifs is 1. The van der Waals surface area contributed by atoms with E-state index >= 15 is 0 Å². The molecule has 0 unspecified atom stereocenters. The fraction of sp³-hybridized carbons (Fsp3) is 0.600. The molecule has 4 rings (SSSR count). The first-order valence-corrected chi connectivity index (χ1v) is 12.2. The summed E-state index contributed by atoms with van der Waals surface area (Å²) in [6.45, 7) is 3.93. The van der Waals surface area contributed by atoms with Crippen molar-refractivity contribution in [3.63, 3.8) is 0 Å². The Labute approximate surface area is 203 Å². The summed E-state index contributed by atoms with van der Waals surface area (Å²) in [5, 5.41) is 0.421. The van der Waals surface area contributed by atoms with Gasteiger partial charge in [-0.3, -0.25) is 19.0 Å². The minimum Gasteiger partial charge on any atom is -0.497 e. The highest BCUT2D eigenvalue weighted by Gasteiger charge is 2.35. The zero-order chi connectivity index (χ0) is 25.1. The van der Waals surface area contributed by atoms with E-state index in [1.807, 2.05) is 11.8 Å². The van der Waals surface area contributed by atoms with Crippen molar-refractivity contribution in [1.29, 1.82) is 0 Å². The van der Waals surface area contributed by atoms with Crippen molar-refractivity contribution in [3.8, 4) is 5.75 Å². The average Bonchev–Trinajstić information content (AvgIpc) is 2.86. The Morgan fingerprint density at radius 3 is 2.49 bits per heavy atom. The molecule has 10 heteroatoms. The van der Waals surface area contributed by atoms with Crippen LogP contribution in [0.1, 0.15) is 32.6 Å². The van der Waals surface area contributed by atoms with Gasteiger partial charge in [-0.1, -0.05) is 0 Å². The first-order valence-electron chi connectivity index (χ1n) is 12.2. The number of nitrogens with one attached hydrogen (secondary N) is 1. The van der Waals surface area contributed by atoms with Crippen LogP contribution in [-0.4, -0.2) is 77.7 Å². The van der Waals surface area contributed by atoms with Crippen LogP contribution in [0.25, 0.3) is 10.9 Å². The summed E-state index contributed by atoms with van der Waals surface area (Å²) in [5.41, 5.74) is -0.249. The fourth-order valence-corrected chi connectivity index (χ4v) is 5.33. The summed E-state index contributed by atoms with van der Waals surface area (Å²) in [6.07, 6.45) is 3.01. The summed E-state index contributed by atoms with van der Waals surface area (Å²) >= 11 is 0. The van der Waals surface area contributed by atoms with E-state index in [0.717, 1.165) is 25.7 Å². The molecule has 1 atom stereocenters. The number of methoxy groups -OCH3 is 2. The largest absolute Gasteiger partial charge is 0.497 e. The SMILES string of the molecule is COCC(=O)N1CCN(C(=O)[C@H]2CC[C@H](Cn3c(=O)[nH]c4ccc(OC)cc4c3=O)CC2)[C@@H](C)C1. The second kappa shape index (κ2) is 10.6. The second-order valence-electron chi connectivity index (χ2n) is 9.63. The van der Waals surface area contributed by atoms with Gasteiger partial charge in [-0.2, -0.15) is 0 Å². The van der Waals surface area contributed by atoms with E-state index in [-0.39, 0.29) is 41.9 Å². The van der Waals surface area contributed by atoms with Crippen LogP contribution in [0.4, 0.5) is 0 Å². The number of hydrogen-bond donors (Lipinski definition) is 1. The minimum atomic E-state index is -0.416. The number of benzene rings is 1. The van der Waals surface area contributed by atoms with Crippen molar-refractivity contribution < 1.29 is 19.1 Å². The van der Waals surface area contributed by atoms with Crippen molar-refractivity contribution in [2.24, 2.45) is 11.8 Å². The van der Waals surface area contributed by atoms with Gasteiger partial charge < -0.3 is 24.3 Å². The summed E-state index contributed by atoms with van der Waals surface area (Å²) in [7, 11) is 3.04. The number of carbonyl (C=O) groups excluding carboxylic acids is 2. The second-order valence-corrected chi connectivity index (χ2v) is 9.63. The van der Waals surface area contributed by atoms with Gasteiger partial charge in [0.15, 0.2) is 0 Å². The molecular formula is C25H34N4O6. The predicted molar refractivity (Wildman–Crippen MR) is 130 cm³/mol. The number of H-pyrrole nitrogens is 1. The summed E-state index contributed by atoms with van der Waals surface area (Å²) < 4.78 is 11.4. The molecule has 1 aliphatic heterocycles. The van der Waals surface area contributed by atoms with E-state index < -0.39 is 5.69 Å². The predicted octanol–water partition coefficient (Wildman–Crippen LogP) is 1.21. The van der Waals surface area contributed by atoms with Crippen molar-refractivity contribution in [2.45, 2.75) is 45.2 Å². The monoisotopic (exact) mass is 486 g/mol. The lowest BCUT2D eigenvalue weighted by Crippen LogP contribution is -2.57. The number of ether oxygens (including phenoxy) is 2. The van der Waals surface area contributed by atoms with E-state index in [0.29, 0.717) is 42.8 Å². The van der Waals surface area contributed by atoms with Gasteiger partial charge >= 0.3 is 5.69 Å². The third-order valence-electron chi connectivity index (χ3n) is 7.36. The summed E-state index contributed by atoms with van der Waals surface area (Å²) in [5.74, 6) is 0.741. The molecule has 2 amide bonds. The Morgan fingerprint density at radius 1 is 1.09 bits per heavy atom. The molecule has 1 aromatic carbocycles. The number of aromatic nitrogens is 2. The van der Waals surface area contributed by atoms with Gasteiger partial charge in [0.05, 0.1) is 18.0 Å². The molecule has 0 radical (unpaired) electrons. The van der Waals surface area contributed by atoms with Crippen molar-refractivity contribution in [3.05, 3.63) is 39.0 Å². The number of rotatable bonds is 6. The van der Waals surface area contributed by atoms with E-state index in [1.165, 1.54) is 18.8 Å². The Morgan fingerprint density at radius 2 is 1.83 bits per heavy atom. The van der Waals surface area contributed by atoms with Crippen LogP contribution in [0, 0.1) is 11.8 Å². The maximum absolute atomic E-state index is 13.2. The molecule has 35 heavy (non-hydrogen) atoms. The third kappa shape index (κ3) is 5.27. The number of nitrogens with zero attached hydrogens (tertiary/aromatic N) is 3. The zero-order valence-electron chi connectivity index (χ0n) is 20.6. The average molecular weight is 487 g/mol. The molecule has 10 nitrogen and oxygen atoms in total. The molecule has 0 bridgehead atoms. The maximum Gasteiger partial charge on any atom is 0.328 e. The molecule has 1 saturated carbocycles. The lowest BCUT2D eigenvalue weighted by molar-refractivity contribution is -0.147. The van der Waals surface area contributed by atoms with Crippen LogP contribution in [-0.2, 0) is 20.9 Å². The first-order chi connectivity index (χ1) is 16.8. The van der Waals surface area contributed by atoms with Crippen LogP contribution in [0.15, 0.2) is 27.8 Å². The molecule has 2 fully saturated rings. The Bertz CT molecular complexity index is 1200. The highest BCUT2D eigenvalue weighted by atomic mass is 16.5. The van der Waals surface area contributed by atoms with Crippen LogP contribution in [0.3, 0.4) is 0 Å². The van der Waals surface area contributed by atoms with Gasteiger partial charge in [0, 0.05) is 45.2 Å². The Kier molecular flexibility index (Phi) is 7.59. The van der Waals surface area contributed by atoms with Crippen molar-refractivity contribution in [1.82, 2.24) is 19.4 Å². The molecule has 0 spiro atoms. The third-order valence-corrected chi connectivity index (χ3v) is 7.36. The minimum absolute atomic E-state index is 0.0403. The summed E-state index contributed by atoms with van der Waals surface area (Å²) in [6, 6.07) is 4.98. The number of amides is 2. The van der Waals surface area contributed by atoms with Crippen LogP contribution >= 0.6 is 0 Å². The van der Waals surface area contributed by atoms with E-state index in [9.17, 15) is 19.2 Å². The fourth-order valence-electron chi connectivity index (χ4n) is 5.33. The van der Waals surface area contributed by atoms with E-state index in [4.69, 9.17) is 9.47 Å². The maximum atomic E-state index is 13.2. The number of carbonyl (C=O) groups is 2. The normalized spacial score (nSPS) is 22.9. The molecule has 1 aromatic heterocycles. The van der Waals surface area contributed by atoms with Gasteiger partial charge in [0.1, 0.15) is 12.4 Å². The van der Waals surface area contributed by atoms with E-state index in [1.54, 1.807) is 23.1 Å². The van der Waals surface area contributed by atoms with Gasteiger partial charge in [-0.05, 0) is 56.7 Å². The Hall–Kier alpha value is -3.14. The van der Waals surface area contributed by atoms with Crippen molar-refractivity contribution >= 4 is 22.7 Å². The summed E-state index contributed by atoms with van der Waals surface area (Å²) in [4.78, 5) is 57.4. The molecule has 2 heterocycles. The number of aromatic amines is 1. The molecule has 1 saturated heterocycles. The molecule has 1 N–H and O–H groups in total. The van der Waals surface area contributed by atoms with Gasteiger partial charge in [-0.15, -0.1) is 0 Å².